The van der Waals surface area contributed by atoms with E-state index in [1.54, 1.807) is 74.0 Å². The number of likely N-dealkylation sites (N-methyl/N-ethyl adjacent to an activating group) is 1. The van der Waals surface area contributed by atoms with Crippen molar-refractivity contribution < 1.29 is 19.1 Å². The zero-order chi connectivity index (χ0) is 32.6. The van der Waals surface area contributed by atoms with Crippen molar-refractivity contribution in [1.29, 1.82) is 0 Å². The number of anilines is 2. The second-order valence-electron chi connectivity index (χ2n) is 10.2. The fourth-order valence-electron chi connectivity index (χ4n) is 4.49. The van der Waals surface area contributed by atoms with Crippen LogP contribution in [0.4, 0.5) is 11.4 Å². The molecule has 3 aromatic carbocycles. The molecule has 0 saturated carbocycles. The highest BCUT2D eigenvalue weighted by Crippen LogP contribution is 2.35. The first-order valence-corrected chi connectivity index (χ1v) is 14.9. The third-order valence-electron chi connectivity index (χ3n) is 7.05. The fraction of sp³-hybridized carbons (Fsp3) is 0.114. The molecular formula is C35H31Cl4N5O4. The molecule has 2 N–H and O–H groups in total. The number of benzene rings is 3. The molecule has 9 nitrogen and oxygen atoms in total. The molecule has 0 aliphatic rings. The highest BCUT2D eigenvalue weighted by molar-refractivity contribution is 6.38. The molecule has 5 rings (SSSR count). The lowest BCUT2D eigenvalue weighted by Gasteiger charge is -2.21. The number of carbonyl (C=O) groups excluding carboxylic acids is 3. The molecule has 5 aromatic rings. The van der Waals surface area contributed by atoms with Crippen LogP contribution in [0.25, 0.3) is 17.0 Å². The van der Waals surface area contributed by atoms with Gasteiger partial charge < -0.3 is 20.3 Å². The molecule has 0 radical (unpaired) electrons. The Morgan fingerprint density at radius 3 is 2.38 bits per heavy atom. The standard InChI is InChI=1S/C35H29Cl2N5O4.2ClH/c1-22-6-10-24-4-3-5-30(34(24)40-22)46-21-27-28(36)13-14-29(33(27)37)42(2)32(44)20-39-31(43)15-9-23-7-11-26(12-8-23)41-35(45)25-16-18-38-19-17-25;;/h3-19H,20-21H2,1-2H3,(H,39,43)(H,41,45);2*1H. The number of aromatic nitrogens is 2. The van der Waals surface area contributed by atoms with E-state index in [4.69, 9.17) is 27.9 Å². The molecule has 48 heavy (non-hydrogen) atoms. The molecule has 0 atom stereocenters. The van der Waals surface area contributed by atoms with Crippen LogP contribution in [0.3, 0.4) is 0 Å². The number of carbonyl (C=O) groups is 3. The lowest BCUT2D eigenvalue weighted by molar-refractivity contribution is -0.122. The number of para-hydroxylation sites is 1. The number of hydrogen-bond acceptors (Lipinski definition) is 6. The fourth-order valence-corrected chi connectivity index (χ4v) is 5.10. The number of fused-ring (bicyclic) bond motifs is 1. The van der Waals surface area contributed by atoms with Gasteiger partial charge in [0.05, 0.1) is 17.3 Å². The molecule has 0 spiro atoms. The van der Waals surface area contributed by atoms with Gasteiger partial charge in [-0.3, -0.25) is 19.4 Å². The molecular weight excluding hydrogens is 696 g/mol. The highest BCUT2D eigenvalue weighted by Gasteiger charge is 2.19. The van der Waals surface area contributed by atoms with Crippen molar-refractivity contribution in [2.75, 3.05) is 23.8 Å². The van der Waals surface area contributed by atoms with Crippen molar-refractivity contribution in [3.8, 4) is 5.75 Å². The summed E-state index contributed by atoms with van der Waals surface area (Å²) in [5.74, 6) is -0.506. The zero-order valence-corrected chi connectivity index (χ0v) is 28.9. The average Bonchev–Trinajstić information content (AvgIpc) is 3.07. The minimum atomic E-state index is -0.452. The minimum Gasteiger partial charge on any atom is -0.487 e. The van der Waals surface area contributed by atoms with Crippen molar-refractivity contribution in [3.05, 3.63) is 130 Å². The van der Waals surface area contributed by atoms with Gasteiger partial charge in [0.2, 0.25) is 11.8 Å². The Morgan fingerprint density at radius 2 is 1.65 bits per heavy atom. The summed E-state index contributed by atoms with van der Waals surface area (Å²) in [7, 11) is 1.57. The summed E-state index contributed by atoms with van der Waals surface area (Å²) < 4.78 is 6.08. The van der Waals surface area contributed by atoms with Crippen LogP contribution >= 0.6 is 48.0 Å². The Kier molecular flexibility index (Phi) is 13.8. The number of nitrogens with zero attached hydrogens (tertiary/aromatic N) is 3. The predicted octanol–water partition coefficient (Wildman–Crippen LogP) is 7.71. The monoisotopic (exact) mass is 725 g/mol. The number of aryl methyl sites for hydroxylation is 1. The van der Waals surface area contributed by atoms with Crippen LogP contribution in [-0.2, 0) is 16.2 Å². The third-order valence-corrected chi connectivity index (χ3v) is 7.82. The number of ether oxygens (including phenoxy) is 1. The lowest BCUT2D eigenvalue weighted by atomic mass is 10.1. The van der Waals surface area contributed by atoms with Crippen LogP contribution in [0, 0.1) is 6.92 Å². The number of rotatable bonds is 10. The van der Waals surface area contributed by atoms with E-state index < -0.39 is 5.91 Å². The van der Waals surface area contributed by atoms with E-state index >= 15 is 0 Å². The SMILES string of the molecule is Cc1ccc2cccc(OCc3c(Cl)ccc(N(C)C(=O)CNC(=O)C=Cc4ccc(NC(=O)c5ccncc5)cc4)c3Cl)c2n1.Cl.Cl. The van der Waals surface area contributed by atoms with Crippen LogP contribution in [0.2, 0.25) is 10.0 Å². The van der Waals surface area contributed by atoms with Gasteiger partial charge in [-0.05, 0) is 67.1 Å². The van der Waals surface area contributed by atoms with Crippen LogP contribution < -0.4 is 20.3 Å². The van der Waals surface area contributed by atoms with Crippen molar-refractivity contribution in [1.82, 2.24) is 15.3 Å². The van der Waals surface area contributed by atoms with Crippen LogP contribution in [0.15, 0.2) is 97.3 Å². The van der Waals surface area contributed by atoms with Gasteiger partial charge in [-0.2, -0.15) is 0 Å². The van der Waals surface area contributed by atoms with Gasteiger partial charge >= 0.3 is 0 Å². The molecule has 2 aromatic heterocycles. The molecule has 0 saturated heterocycles. The third kappa shape index (κ3) is 9.45. The smallest absolute Gasteiger partial charge is 0.255 e. The van der Waals surface area contributed by atoms with Crippen LogP contribution in [0.1, 0.15) is 27.2 Å². The van der Waals surface area contributed by atoms with Gasteiger partial charge in [-0.25, -0.2) is 4.98 Å². The highest BCUT2D eigenvalue weighted by atomic mass is 35.5. The summed E-state index contributed by atoms with van der Waals surface area (Å²) in [4.78, 5) is 47.6. The summed E-state index contributed by atoms with van der Waals surface area (Å²) in [6.07, 6.45) is 6.02. The van der Waals surface area contributed by atoms with Crippen LogP contribution in [0.5, 0.6) is 5.75 Å². The predicted molar refractivity (Wildman–Crippen MR) is 196 cm³/mol. The van der Waals surface area contributed by atoms with Gasteiger partial charge in [0.1, 0.15) is 17.9 Å². The van der Waals surface area contributed by atoms with Gasteiger partial charge in [0.15, 0.2) is 0 Å². The molecule has 0 unspecified atom stereocenters. The summed E-state index contributed by atoms with van der Waals surface area (Å²) >= 11 is 13.2. The summed E-state index contributed by atoms with van der Waals surface area (Å²) in [5.41, 5.74) is 4.36. The molecule has 0 fully saturated rings. The largest absolute Gasteiger partial charge is 0.487 e. The Hall–Kier alpha value is -4.67. The number of nitrogens with one attached hydrogen (secondary N) is 2. The van der Waals surface area contributed by atoms with E-state index in [0.29, 0.717) is 33.3 Å². The Bertz CT molecular complexity index is 1940. The molecule has 0 bridgehead atoms. The van der Waals surface area contributed by atoms with Crippen molar-refractivity contribution in [3.63, 3.8) is 0 Å². The Labute approximate surface area is 300 Å². The Morgan fingerprint density at radius 1 is 0.917 bits per heavy atom. The average molecular weight is 727 g/mol. The van der Waals surface area contributed by atoms with E-state index in [-0.39, 0.29) is 54.8 Å². The van der Waals surface area contributed by atoms with Crippen molar-refractivity contribution >= 4 is 94.1 Å². The number of halogens is 4. The van der Waals surface area contributed by atoms with Crippen molar-refractivity contribution in [2.45, 2.75) is 13.5 Å². The van der Waals surface area contributed by atoms with E-state index in [1.165, 1.54) is 11.0 Å². The van der Waals surface area contributed by atoms with Crippen LogP contribution in [-0.4, -0.2) is 41.3 Å². The number of pyridine rings is 2. The first-order chi connectivity index (χ1) is 22.2. The summed E-state index contributed by atoms with van der Waals surface area (Å²) in [6.45, 7) is 1.71. The molecule has 248 valence electrons. The quantitative estimate of drug-likeness (QED) is 0.143. The lowest BCUT2D eigenvalue weighted by Crippen LogP contribution is -2.37. The topological polar surface area (TPSA) is 114 Å². The first-order valence-electron chi connectivity index (χ1n) is 14.2. The van der Waals surface area contributed by atoms with Gasteiger partial charge in [0, 0.05) is 58.4 Å². The Balaban J connectivity index is 0.00000312. The number of amides is 3. The van der Waals surface area contributed by atoms with E-state index in [9.17, 15) is 14.4 Å². The summed E-state index contributed by atoms with van der Waals surface area (Å²) in [5, 5.41) is 6.99. The second kappa shape index (κ2) is 17.5. The first kappa shape index (κ1) is 37.8. The number of hydrogen-bond donors (Lipinski definition) is 2. The van der Waals surface area contributed by atoms with Crippen molar-refractivity contribution in [2.24, 2.45) is 0 Å². The van der Waals surface area contributed by atoms with E-state index in [2.05, 4.69) is 20.6 Å². The molecule has 13 heteroatoms. The molecule has 3 amide bonds. The van der Waals surface area contributed by atoms with Gasteiger partial charge in [-0.1, -0.05) is 53.5 Å². The van der Waals surface area contributed by atoms with E-state index in [1.807, 2.05) is 37.3 Å². The zero-order valence-electron chi connectivity index (χ0n) is 25.8. The molecule has 2 heterocycles. The summed E-state index contributed by atoms with van der Waals surface area (Å²) in [6, 6.07) is 23.1. The molecule has 0 aliphatic heterocycles. The second-order valence-corrected chi connectivity index (χ2v) is 11.0. The maximum atomic E-state index is 13.0. The minimum absolute atomic E-state index is 0. The van der Waals surface area contributed by atoms with E-state index in [0.717, 1.165) is 22.2 Å². The maximum Gasteiger partial charge on any atom is 0.255 e. The molecule has 0 aliphatic carbocycles. The maximum absolute atomic E-state index is 13.0. The van der Waals surface area contributed by atoms with Gasteiger partial charge in [0.25, 0.3) is 5.91 Å². The van der Waals surface area contributed by atoms with Gasteiger partial charge in [-0.15, -0.1) is 24.8 Å². The normalized spacial score (nSPS) is 10.5.